The van der Waals surface area contributed by atoms with Crippen molar-refractivity contribution < 1.29 is 4.79 Å². The molecule has 1 aromatic carbocycles. The summed E-state index contributed by atoms with van der Waals surface area (Å²) in [7, 11) is 0. The average Bonchev–Trinajstić information content (AvgIpc) is 2.20. The molecule has 0 fully saturated rings. The number of benzene rings is 1. The zero-order valence-electron chi connectivity index (χ0n) is 8.83. The quantitative estimate of drug-likeness (QED) is 0.550. The Labute approximate surface area is 100 Å². The van der Waals surface area contributed by atoms with Crippen LogP contribution in [0.5, 0.6) is 0 Å². The summed E-state index contributed by atoms with van der Waals surface area (Å²) in [6.07, 6.45) is 2.74. The van der Waals surface area contributed by atoms with Crippen molar-refractivity contribution in [1.82, 2.24) is 0 Å². The minimum atomic E-state index is 0.276. The first-order valence-electron chi connectivity index (χ1n) is 5.07. The van der Waals surface area contributed by atoms with E-state index in [1.165, 1.54) is 0 Å². The first kappa shape index (κ1) is 12.6. The first-order chi connectivity index (χ1) is 7.20. The van der Waals surface area contributed by atoms with Crippen LogP contribution in [0.2, 0.25) is 5.02 Å². The Morgan fingerprint density at radius 1 is 1.33 bits per heavy atom. The Hall–Kier alpha value is -0.470. The predicted octanol–water partition coefficient (Wildman–Crippen LogP) is 4.19. The zero-order chi connectivity index (χ0) is 11.1. The molecule has 0 N–H and O–H groups in total. The molecule has 0 aromatic heterocycles. The number of carbonyl (C=O) groups is 1. The lowest BCUT2D eigenvalue weighted by Gasteiger charge is -2.02. The highest BCUT2D eigenvalue weighted by Gasteiger charge is 1.99. The lowest BCUT2D eigenvalue weighted by molar-refractivity contribution is -0.117. The second kappa shape index (κ2) is 6.91. The third-order valence-corrected chi connectivity index (χ3v) is 3.62. The average molecular weight is 243 g/mol. The number of hydrogen-bond acceptors (Lipinski definition) is 2. The molecular weight excluding hydrogens is 228 g/mol. The van der Waals surface area contributed by atoms with Crippen LogP contribution in [0.1, 0.15) is 26.2 Å². The minimum absolute atomic E-state index is 0.276. The van der Waals surface area contributed by atoms with Gasteiger partial charge in [-0.15, -0.1) is 11.8 Å². The van der Waals surface area contributed by atoms with Gasteiger partial charge in [0, 0.05) is 11.3 Å². The van der Waals surface area contributed by atoms with E-state index in [4.69, 9.17) is 11.6 Å². The topological polar surface area (TPSA) is 17.1 Å². The maximum atomic E-state index is 10.7. The van der Waals surface area contributed by atoms with Crippen LogP contribution in [0.25, 0.3) is 0 Å². The van der Waals surface area contributed by atoms with Crippen molar-refractivity contribution in [1.29, 1.82) is 0 Å². The molecule has 0 heterocycles. The van der Waals surface area contributed by atoms with E-state index in [9.17, 15) is 4.79 Å². The number of hydrogen-bond donors (Lipinski definition) is 0. The highest BCUT2D eigenvalue weighted by Crippen LogP contribution is 2.27. The molecule has 0 unspecified atom stereocenters. The summed E-state index contributed by atoms with van der Waals surface area (Å²) in [6, 6.07) is 7.85. The normalized spacial score (nSPS) is 10.3. The van der Waals surface area contributed by atoms with E-state index < -0.39 is 0 Å². The largest absolute Gasteiger partial charge is 0.300 e. The summed E-state index contributed by atoms with van der Waals surface area (Å²) in [5.41, 5.74) is 0. The van der Waals surface area contributed by atoms with Crippen LogP contribution in [0.4, 0.5) is 0 Å². The molecular formula is C12H15ClOS. The fourth-order valence-electron chi connectivity index (χ4n) is 1.22. The first-order valence-corrected chi connectivity index (χ1v) is 6.43. The lowest BCUT2D eigenvalue weighted by Crippen LogP contribution is -1.90. The molecule has 0 aliphatic carbocycles. The van der Waals surface area contributed by atoms with Gasteiger partial charge in [0.05, 0.1) is 5.02 Å². The van der Waals surface area contributed by atoms with Crippen LogP contribution in [0, 0.1) is 0 Å². The van der Waals surface area contributed by atoms with Gasteiger partial charge in [0.1, 0.15) is 5.78 Å². The van der Waals surface area contributed by atoms with Crippen LogP contribution < -0.4 is 0 Å². The maximum Gasteiger partial charge on any atom is 0.129 e. The number of Topliss-reactive ketones (excluding diaryl/α,β-unsaturated/α-hetero) is 1. The van der Waals surface area contributed by atoms with E-state index in [-0.39, 0.29) is 5.78 Å². The van der Waals surface area contributed by atoms with E-state index in [1.807, 2.05) is 24.3 Å². The van der Waals surface area contributed by atoms with Crippen molar-refractivity contribution in [3.8, 4) is 0 Å². The fourth-order valence-corrected chi connectivity index (χ4v) is 2.47. The Bertz CT molecular complexity index is 325. The van der Waals surface area contributed by atoms with Crippen molar-refractivity contribution in [2.24, 2.45) is 0 Å². The molecule has 0 bridgehead atoms. The van der Waals surface area contributed by atoms with E-state index in [1.54, 1.807) is 18.7 Å². The molecule has 82 valence electrons. The molecule has 0 saturated carbocycles. The Kier molecular flexibility index (Phi) is 5.81. The van der Waals surface area contributed by atoms with Gasteiger partial charge in [-0.2, -0.15) is 0 Å². The van der Waals surface area contributed by atoms with Crippen LogP contribution >= 0.6 is 23.4 Å². The molecule has 0 amide bonds. The molecule has 1 nitrogen and oxygen atoms in total. The van der Waals surface area contributed by atoms with Gasteiger partial charge in [0.15, 0.2) is 0 Å². The monoisotopic (exact) mass is 242 g/mol. The van der Waals surface area contributed by atoms with E-state index >= 15 is 0 Å². The summed E-state index contributed by atoms with van der Waals surface area (Å²) in [4.78, 5) is 11.8. The van der Waals surface area contributed by atoms with Gasteiger partial charge in [0.25, 0.3) is 0 Å². The summed E-state index contributed by atoms with van der Waals surface area (Å²) in [5.74, 6) is 1.30. The van der Waals surface area contributed by atoms with Crippen molar-refractivity contribution in [2.75, 3.05) is 5.75 Å². The molecule has 0 radical (unpaired) electrons. The molecule has 1 aromatic rings. The van der Waals surface area contributed by atoms with E-state index in [2.05, 4.69) is 0 Å². The maximum absolute atomic E-state index is 10.7. The van der Waals surface area contributed by atoms with Gasteiger partial charge in [-0.25, -0.2) is 0 Å². The van der Waals surface area contributed by atoms with Crippen LogP contribution in [0.15, 0.2) is 29.2 Å². The lowest BCUT2D eigenvalue weighted by atomic mass is 10.2. The Balaban J connectivity index is 2.21. The van der Waals surface area contributed by atoms with Crippen LogP contribution in [-0.4, -0.2) is 11.5 Å². The molecule has 1 rings (SSSR count). The van der Waals surface area contributed by atoms with E-state index in [0.29, 0.717) is 6.42 Å². The van der Waals surface area contributed by atoms with Crippen LogP contribution in [-0.2, 0) is 4.79 Å². The predicted molar refractivity (Wildman–Crippen MR) is 66.7 cm³/mol. The van der Waals surface area contributed by atoms with Gasteiger partial charge in [-0.1, -0.05) is 23.7 Å². The Morgan fingerprint density at radius 3 is 2.73 bits per heavy atom. The number of carbonyl (C=O) groups excluding carboxylic acids is 1. The van der Waals surface area contributed by atoms with Crippen molar-refractivity contribution in [2.45, 2.75) is 31.1 Å². The van der Waals surface area contributed by atoms with Gasteiger partial charge in [-0.3, -0.25) is 0 Å². The highest BCUT2D eigenvalue weighted by atomic mass is 35.5. The molecule has 0 aliphatic heterocycles. The third-order valence-electron chi connectivity index (χ3n) is 2.02. The van der Waals surface area contributed by atoms with Crippen molar-refractivity contribution >= 4 is 29.1 Å². The smallest absolute Gasteiger partial charge is 0.129 e. The SMILES string of the molecule is CC(=O)CCCCSc1ccccc1Cl. The number of ketones is 1. The zero-order valence-corrected chi connectivity index (χ0v) is 10.4. The highest BCUT2D eigenvalue weighted by molar-refractivity contribution is 7.99. The summed E-state index contributed by atoms with van der Waals surface area (Å²) in [6.45, 7) is 1.64. The van der Waals surface area contributed by atoms with Gasteiger partial charge in [-0.05, 0) is 37.7 Å². The third kappa shape index (κ3) is 5.24. The molecule has 3 heteroatoms. The number of unbranched alkanes of at least 4 members (excludes halogenated alkanes) is 1. The van der Waals surface area contributed by atoms with Crippen molar-refractivity contribution in [3.63, 3.8) is 0 Å². The summed E-state index contributed by atoms with van der Waals surface area (Å²) >= 11 is 7.77. The van der Waals surface area contributed by atoms with Gasteiger partial charge >= 0.3 is 0 Å². The second-order valence-electron chi connectivity index (χ2n) is 3.44. The van der Waals surface area contributed by atoms with Gasteiger partial charge < -0.3 is 4.79 Å². The summed E-state index contributed by atoms with van der Waals surface area (Å²) < 4.78 is 0. The second-order valence-corrected chi connectivity index (χ2v) is 4.98. The van der Waals surface area contributed by atoms with Crippen molar-refractivity contribution in [3.05, 3.63) is 29.3 Å². The standard InChI is InChI=1S/C12H15ClOS/c1-10(14)6-4-5-9-15-12-8-3-2-7-11(12)13/h2-3,7-8H,4-6,9H2,1H3. The number of thioether (sulfide) groups is 1. The number of rotatable bonds is 6. The van der Waals surface area contributed by atoms with E-state index in [0.717, 1.165) is 28.5 Å². The molecule has 0 aliphatic rings. The summed E-state index contributed by atoms with van der Waals surface area (Å²) in [5, 5.41) is 0.814. The minimum Gasteiger partial charge on any atom is -0.300 e. The molecule has 0 atom stereocenters. The van der Waals surface area contributed by atoms with Crippen LogP contribution in [0.3, 0.4) is 0 Å². The molecule has 15 heavy (non-hydrogen) atoms. The molecule has 0 spiro atoms. The fraction of sp³-hybridized carbons (Fsp3) is 0.417. The van der Waals surface area contributed by atoms with Gasteiger partial charge in [0.2, 0.25) is 0 Å². The number of halogens is 1. The Morgan fingerprint density at radius 2 is 2.07 bits per heavy atom. The molecule has 0 saturated heterocycles.